The van der Waals surface area contributed by atoms with Gasteiger partial charge in [0.05, 0.1) is 24.9 Å². The van der Waals surface area contributed by atoms with E-state index in [4.69, 9.17) is 9.26 Å². The number of methoxy groups -OCH3 is 1. The Kier molecular flexibility index (Phi) is 5.35. The highest BCUT2D eigenvalue weighted by Crippen LogP contribution is 2.33. The Balaban J connectivity index is 1.67. The molecule has 0 aromatic carbocycles. The summed E-state index contributed by atoms with van der Waals surface area (Å²) >= 11 is 0. The highest BCUT2D eigenvalue weighted by molar-refractivity contribution is 5.09. The van der Waals surface area contributed by atoms with Gasteiger partial charge in [0.15, 0.2) is 5.82 Å². The van der Waals surface area contributed by atoms with Gasteiger partial charge < -0.3 is 9.26 Å². The van der Waals surface area contributed by atoms with Crippen LogP contribution in [0.5, 0.6) is 0 Å². The van der Waals surface area contributed by atoms with Crippen molar-refractivity contribution in [1.82, 2.24) is 20.0 Å². The maximum absolute atomic E-state index is 5.46. The van der Waals surface area contributed by atoms with Gasteiger partial charge in [-0.2, -0.15) is 4.98 Å². The lowest BCUT2D eigenvalue weighted by molar-refractivity contribution is 0.0980. The zero-order valence-corrected chi connectivity index (χ0v) is 13.8. The Morgan fingerprint density at radius 2 is 2.17 bits per heavy atom. The lowest BCUT2D eigenvalue weighted by Gasteiger charge is -2.25. The zero-order chi connectivity index (χ0) is 16.1. The summed E-state index contributed by atoms with van der Waals surface area (Å²) < 4.78 is 10.8. The first-order valence-electron chi connectivity index (χ1n) is 8.20. The molecule has 6 heteroatoms. The minimum absolute atomic E-state index is 0.0645. The number of rotatable bonds is 7. The third-order valence-electron chi connectivity index (χ3n) is 4.46. The number of nitrogens with zero attached hydrogens (tertiary/aromatic N) is 4. The van der Waals surface area contributed by atoms with Crippen LogP contribution in [0, 0.1) is 0 Å². The van der Waals surface area contributed by atoms with Crippen LogP contribution in [-0.2, 0) is 11.3 Å². The standard InChI is InChI=1S/C17H24N4O2/c1-21(15(12-22-2)14-9-5-6-10-18-14)11-16-19-17(23-20-16)13-7-3-4-8-13/h5-6,9-10,13,15H,3-4,7-8,11-12H2,1-2H3/t15-/m0/s1. The predicted octanol–water partition coefficient (Wildman–Crippen LogP) is 2.94. The highest BCUT2D eigenvalue weighted by atomic mass is 16.5. The summed E-state index contributed by atoms with van der Waals surface area (Å²) in [4.78, 5) is 11.2. The fourth-order valence-corrected chi connectivity index (χ4v) is 3.17. The van der Waals surface area contributed by atoms with Crippen molar-refractivity contribution in [2.24, 2.45) is 0 Å². The Morgan fingerprint density at radius 1 is 1.35 bits per heavy atom. The summed E-state index contributed by atoms with van der Waals surface area (Å²) in [5.41, 5.74) is 0.983. The monoisotopic (exact) mass is 316 g/mol. The van der Waals surface area contributed by atoms with Gasteiger partial charge in [0.2, 0.25) is 5.89 Å². The lowest BCUT2D eigenvalue weighted by atomic mass is 10.1. The lowest BCUT2D eigenvalue weighted by Crippen LogP contribution is -2.28. The quantitative estimate of drug-likeness (QED) is 0.782. The molecule has 23 heavy (non-hydrogen) atoms. The maximum Gasteiger partial charge on any atom is 0.229 e. The minimum atomic E-state index is 0.0645. The van der Waals surface area contributed by atoms with E-state index >= 15 is 0 Å². The molecule has 1 aliphatic carbocycles. The van der Waals surface area contributed by atoms with Crippen LogP contribution in [0.1, 0.15) is 55.1 Å². The summed E-state index contributed by atoms with van der Waals surface area (Å²) in [6.07, 6.45) is 6.66. The van der Waals surface area contributed by atoms with Gasteiger partial charge in [-0.05, 0) is 32.0 Å². The summed E-state index contributed by atoms with van der Waals surface area (Å²) in [5.74, 6) is 1.98. The van der Waals surface area contributed by atoms with Gasteiger partial charge in [0.25, 0.3) is 0 Å². The average Bonchev–Trinajstić information content (AvgIpc) is 3.24. The van der Waals surface area contributed by atoms with Crippen LogP contribution >= 0.6 is 0 Å². The molecule has 0 unspecified atom stereocenters. The van der Waals surface area contributed by atoms with Crippen LogP contribution in [0.25, 0.3) is 0 Å². The molecule has 124 valence electrons. The average molecular weight is 316 g/mol. The number of ether oxygens (including phenoxy) is 1. The van der Waals surface area contributed by atoms with Crippen molar-refractivity contribution < 1.29 is 9.26 Å². The predicted molar refractivity (Wildman–Crippen MR) is 85.8 cm³/mol. The van der Waals surface area contributed by atoms with Crippen LogP contribution in [0.15, 0.2) is 28.9 Å². The molecule has 0 radical (unpaired) electrons. The second kappa shape index (κ2) is 7.66. The summed E-state index contributed by atoms with van der Waals surface area (Å²) in [6, 6.07) is 5.99. The Hall–Kier alpha value is -1.79. The van der Waals surface area contributed by atoms with Crippen molar-refractivity contribution in [2.45, 2.75) is 44.2 Å². The van der Waals surface area contributed by atoms with Gasteiger partial charge in [-0.3, -0.25) is 9.88 Å². The number of pyridine rings is 1. The molecule has 6 nitrogen and oxygen atoms in total. The van der Waals surface area contributed by atoms with Crippen molar-refractivity contribution in [3.05, 3.63) is 41.8 Å². The smallest absolute Gasteiger partial charge is 0.229 e. The topological polar surface area (TPSA) is 64.3 Å². The second-order valence-corrected chi connectivity index (χ2v) is 6.17. The van der Waals surface area contributed by atoms with Crippen LogP contribution in [0.3, 0.4) is 0 Å². The normalized spacial score (nSPS) is 17.0. The Labute approximate surface area is 136 Å². The molecule has 1 saturated carbocycles. The molecule has 2 heterocycles. The van der Waals surface area contributed by atoms with E-state index in [-0.39, 0.29) is 6.04 Å². The zero-order valence-electron chi connectivity index (χ0n) is 13.8. The first-order valence-corrected chi connectivity index (χ1v) is 8.20. The molecule has 2 aromatic rings. The van der Waals surface area contributed by atoms with Gasteiger partial charge in [-0.15, -0.1) is 0 Å². The Bertz CT molecular complexity index is 596. The van der Waals surface area contributed by atoms with Crippen molar-refractivity contribution in [1.29, 1.82) is 0 Å². The van der Waals surface area contributed by atoms with Crippen LogP contribution in [0.4, 0.5) is 0 Å². The Morgan fingerprint density at radius 3 is 2.87 bits per heavy atom. The minimum Gasteiger partial charge on any atom is -0.383 e. The fraction of sp³-hybridized carbons (Fsp3) is 0.588. The number of aromatic nitrogens is 3. The largest absolute Gasteiger partial charge is 0.383 e. The maximum atomic E-state index is 5.46. The molecular formula is C17H24N4O2. The molecule has 1 atom stereocenters. The molecule has 3 rings (SSSR count). The van der Waals surface area contributed by atoms with E-state index in [0.29, 0.717) is 19.1 Å². The molecule has 2 aromatic heterocycles. The van der Waals surface area contributed by atoms with Crippen LogP contribution in [-0.4, -0.2) is 40.8 Å². The molecule has 0 N–H and O–H groups in total. The van der Waals surface area contributed by atoms with E-state index in [9.17, 15) is 0 Å². The third-order valence-corrected chi connectivity index (χ3v) is 4.46. The van der Waals surface area contributed by atoms with Gasteiger partial charge in [0, 0.05) is 19.2 Å². The van der Waals surface area contributed by atoms with Gasteiger partial charge in [0.1, 0.15) is 0 Å². The fourth-order valence-electron chi connectivity index (χ4n) is 3.17. The van der Waals surface area contributed by atoms with E-state index in [1.807, 2.05) is 25.2 Å². The third kappa shape index (κ3) is 3.95. The van der Waals surface area contributed by atoms with E-state index < -0.39 is 0 Å². The van der Waals surface area contributed by atoms with Gasteiger partial charge >= 0.3 is 0 Å². The van der Waals surface area contributed by atoms with Crippen molar-refractivity contribution in [3.63, 3.8) is 0 Å². The van der Waals surface area contributed by atoms with Crippen molar-refractivity contribution in [3.8, 4) is 0 Å². The molecular weight excluding hydrogens is 292 g/mol. The molecule has 0 amide bonds. The van der Waals surface area contributed by atoms with Gasteiger partial charge in [-0.25, -0.2) is 0 Å². The van der Waals surface area contributed by atoms with E-state index in [1.54, 1.807) is 13.3 Å². The summed E-state index contributed by atoms with van der Waals surface area (Å²) in [7, 11) is 3.74. The van der Waals surface area contributed by atoms with Crippen LogP contribution in [0.2, 0.25) is 0 Å². The second-order valence-electron chi connectivity index (χ2n) is 6.17. The number of likely N-dealkylation sites (N-methyl/N-ethyl adjacent to an activating group) is 1. The van der Waals surface area contributed by atoms with Crippen LogP contribution < -0.4 is 0 Å². The molecule has 1 aliphatic rings. The SMILES string of the molecule is COC[C@@H](c1ccccn1)N(C)Cc1noc(C2CCCC2)n1. The van der Waals surface area contributed by atoms with E-state index in [1.165, 1.54) is 12.8 Å². The first-order chi connectivity index (χ1) is 11.3. The summed E-state index contributed by atoms with van der Waals surface area (Å²) in [5, 5.41) is 4.15. The van der Waals surface area contributed by atoms with Crippen molar-refractivity contribution >= 4 is 0 Å². The summed E-state index contributed by atoms with van der Waals surface area (Å²) in [6.45, 7) is 1.18. The van der Waals surface area contributed by atoms with Crippen molar-refractivity contribution in [2.75, 3.05) is 20.8 Å². The van der Waals surface area contributed by atoms with E-state index in [0.717, 1.165) is 30.3 Å². The highest BCUT2D eigenvalue weighted by Gasteiger charge is 2.24. The van der Waals surface area contributed by atoms with E-state index in [2.05, 4.69) is 20.0 Å². The number of hydrogen-bond donors (Lipinski definition) is 0. The molecule has 0 saturated heterocycles. The molecule has 1 fully saturated rings. The molecule has 0 bridgehead atoms. The van der Waals surface area contributed by atoms with Gasteiger partial charge in [-0.1, -0.05) is 24.1 Å². The number of hydrogen-bond acceptors (Lipinski definition) is 6. The molecule has 0 aliphatic heterocycles. The first kappa shape index (κ1) is 16.1. The molecule has 0 spiro atoms.